The lowest BCUT2D eigenvalue weighted by atomic mass is 10.1. The molecule has 0 spiro atoms. The van der Waals surface area contributed by atoms with Crippen molar-refractivity contribution in [2.75, 3.05) is 6.54 Å². The van der Waals surface area contributed by atoms with Crippen LogP contribution < -0.4 is 11.0 Å². The number of rotatable bonds is 7. The molecule has 9 nitrogen and oxygen atoms in total. The van der Waals surface area contributed by atoms with Crippen molar-refractivity contribution in [2.45, 2.75) is 25.4 Å². The van der Waals surface area contributed by atoms with E-state index < -0.39 is 0 Å². The number of carbonyl (C=O) groups is 1. The number of halogens is 1. The van der Waals surface area contributed by atoms with Crippen molar-refractivity contribution < 1.29 is 13.6 Å². The molecule has 4 aromatic rings. The highest BCUT2D eigenvalue weighted by molar-refractivity contribution is 5.93. The average Bonchev–Trinajstić information content (AvgIpc) is 3.18. The van der Waals surface area contributed by atoms with E-state index in [4.69, 9.17) is 4.42 Å². The summed E-state index contributed by atoms with van der Waals surface area (Å²) in [4.78, 5) is 25.2. The molecule has 0 unspecified atom stereocenters. The van der Waals surface area contributed by atoms with Gasteiger partial charge in [-0.1, -0.05) is 0 Å². The number of amides is 1. The van der Waals surface area contributed by atoms with Crippen LogP contribution in [0.15, 0.2) is 57.9 Å². The molecule has 31 heavy (non-hydrogen) atoms. The Morgan fingerprint density at radius 2 is 2.06 bits per heavy atom. The largest absolute Gasteiger partial charge is 0.461 e. The number of hydrogen-bond acceptors (Lipinski definition) is 5. The maximum absolute atomic E-state index is 13.1. The van der Waals surface area contributed by atoms with Gasteiger partial charge in [-0.25, -0.2) is 13.9 Å². The molecule has 0 aliphatic heterocycles. The summed E-state index contributed by atoms with van der Waals surface area (Å²) in [6.07, 6.45) is 3.42. The third kappa shape index (κ3) is 3.79. The van der Waals surface area contributed by atoms with Gasteiger partial charge in [-0.05, 0) is 55.3 Å². The van der Waals surface area contributed by atoms with E-state index in [0.29, 0.717) is 22.8 Å². The molecule has 1 saturated carbocycles. The van der Waals surface area contributed by atoms with Gasteiger partial charge in [-0.15, -0.1) is 5.10 Å². The molecule has 5 rings (SSSR count). The summed E-state index contributed by atoms with van der Waals surface area (Å²) in [5, 5.41) is 13.9. The first-order chi connectivity index (χ1) is 15.1. The highest BCUT2D eigenvalue weighted by Gasteiger charge is 2.31. The van der Waals surface area contributed by atoms with Crippen molar-refractivity contribution in [1.82, 2.24) is 29.9 Å². The summed E-state index contributed by atoms with van der Waals surface area (Å²) in [6.45, 7) is 0.430. The van der Waals surface area contributed by atoms with Gasteiger partial charge < -0.3 is 9.73 Å². The van der Waals surface area contributed by atoms with Crippen LogP contribution in [0.1, 0.15) is 29.4 Å². The van der Waals surface area contributed by atoms with Crippen LogP contribution in [0.2, 0.25) is 0 Å². The van der Waals surface area contributed by atoms with E-state index in [1.54, 1.807) is 41.2 Å². The van der Waals surface area contributed by atoms with Crippen LogP contribution in [0.5, 0.6) is 0 Å². The first-order valence-electron chi connectivity index (χ1n) is 9.93. The normalized spacial score (nSPS) is 13.5. The van der Waals surface area contributed by atoms with Gasteiger partial charge in [-0.2, -0.15) is 5.10 Å². The molecule has 158 valence electrons. The number of carbonyl (C=O) groups excluding carboxylic acids is 1. The molecule has 1 amide bonds. The van der Waals surface area contributed by atoms with E-state index in [9.17, 15) is 14.0 Å². The van der Waals surface area contributed by atoms with E-state index in [-0.39, 0.29) is 42.2 Å². The Labute approximate surface area is 175 Å². The van der Waals surface area contributed by atoms with Gasteiger partial charge in [0.1, 0.15) is 11.5 Å². The number of nitrogens with zero attached hydrogens (tertiary/aromatic N) is 4. The molecule has 0 bridgehead atoms. The van der Waals surface area contributed by atoms with Crippen LogP contribution in [0.25, 0.3) is 22.8 Å². The Bertz CT molecular complexity index is 1270. The maximum Gasteiger partial charge on any atom is 0.346 e. The number of H-pyrrole nitrogens is 1. The van der Waals surface area contributed by atoms with Gasteiger partial charge in [0.25, 0.3) is 5.91 Å². The molecule has 10 heteroatoms. The molecule has 1 aliphatic rings. The third-order valence-corrected chi connectivity index (χ3v) is 5.10. The zero-order chi connectivity index (χ0) is 21.4. The zero-order valence-electron chi connectivity index (χ0n) is 16.4. The SMILES string of the molecule is O=C(NCCn1nc(-c2ccco2)n(C2CC2)c1=O)c1cc(-c2ccc(F)cc2)n[nH]1. The molecular weight excluding hydrogens is 403 g/mol. The Hall–Kier alpha value is -3.95. The fourth-order valence-corrected chi connectivity index (χ4v) is 3.38. The summed E-state index contributed by atoms with van der Waals surface area (Å²) in [5.41, 5.74) is 1.28. The molecular formula is C21H19FN6O3. The molecule has 3 heterocycles. The molecule has 0 radical (unpaired) electrons. The minimum Gasteiger partial charge on any atom is -0.461 e. The van der Waals surface area contributed by atoms with E-state index in [1.807, 2.05) is 0 Å². The Kier molecular flexibility index (Phi) is 4.73. The van der Waals surface area contributed by atoms with Crippen molar-refractivity contribution in [2.24, 2.45) is 0 Å². The van der Waals surface area contributed by atoms with E-state index in [2.05, 4.69) is 20.6 Å². The highest BCUT2D eigenvalue weighted by atomic mass is 19.1. The Morgan fingerprint density at radius 1 is 1.26 bits per heavy atom. The lowest BCUT2D eigenvalue weighted by Gasteiger charge is -2.02. The van der Waals surface area contributed by atoms with Crippen LogP contribution in [0.4, 0.5) is 4.39 Å². The Morgan fingerprint density at radius 3 is 2.77 bits per heavy atom. The van der Waals surface area contributed by atoms with Crippen molar-refractivity contribution in [3.05, 3.63) is 70.7 Å². The van der Waals surface area contributed by atoms with Crippen LogP contribution in [0, 0.1) is 5.82 Å². The minimum atomic E-state index is -0.359. The smallest absolute Gasteiger partial charge is 0.346 e. The maximum atomic E-state index is 13.1. The van der Waals surface area contributed by atoms with Gasteiger partial charge >= 0.3 is 5.69 Å². The molecule has 1 aromatic carbocycles. The number of nitrogens with one attached hydrogen (secondary N) is 2. The highest BCUT2D eigenvalue weighted by Crippen LogP contribution is 2.36. The molecule has 1 fully saturated rings. The molecule has 0 atom stereocenters. The van der Waals surface area contributed by atoms with Gasteiger partial charge in [0.2, 0.25) is 5.82 Å². The number of benzene rings is 1. The van der Waals surface area contributed by atoms with E-state index >= 15 is 0 Å². The van der Waals surface area contributed by atoms with E-state index in [0.717, 1.165) is 12.8 Å². The number of aromatic nitrogens is 5. The van der Waals surface area contributed by atoms with Gasteiger partial charge in [-0.3, -0.25) is 14.5 Å². The third-order valence-electron chi connectivity index (χ3n) is 5.10. The Balaban J connectivity index is 1.25. The number of aromatic amines is 1. The number of hydrogen-bond donors (Lipinski definition) is 2. The lowest BCUT2D eigenvalue weighted by molar-refractivity contribution is 0.0946. The summed E-state index contributed by atoms with van der Waals surface area (Å²) < 4.78 is 21.5. The van der Waals surface area contributed by atoms with Crippen molar-refractivity contribution >= 4 is 5.91 Å². The standard InChI is InChI=1S/C21H19FN6O3/c22-14-5-3-13(4-6-14)16-12-17(25-24-16)20(29)23-9-10-27-21(30)28(15-7-8-15)19(26-27)18-2-1-11-31-18/h1-6,11-12,15H,7-10H2,(H,23,29)(H,24,25). The molecule has 3 aromatic heterocycles. The fourth-order valence-electron chi connectivity index (χ4n) is 3.38. The van der Waals surface area contributed by atoms with Gasteiger partial charge in [0.05, 0.1) is 18.5 Å². The molecule has 2 N–H and O–H groups in total. The monoisotopic (exact) mass is 422 g/mol. The van der Waals surface area contributed by atoms with Crippen LogP contribution in [-0.2, 0) is 6.54 Å². The second kappa shape index (κ2) is 7.71. The summed E-state index contributed by atoms with van der Waals surface area (Å²) in [7, 11) is 0. The number of furan rings is 1. The summed E-state index contributed by atoms with van der Waals surface area (Å²) >= 11 is 0. The van der Waals surface area contributed by atoms with Crippen molar-refractivity contribution in [3.8, 4) is 22.8 Å². The van der Waals surface area contributed by atoms with Crippen LogP contribution in [0.3, 0.4) is 0 Å². The molecule has 1 aliphatic carbocycles. The van der Waals surface area contributed by atoms with Gasteiger partial charge in [0, 0.05) is 18.2 Å². The first kappa shape index (κ1) is 19.0. The average molecular weight is 422 g/mol. The summed E-state index contributed by atoms with van der Waals surface area (Å²) in [6, 6.07) is 11.1. The zero-order valence-corrected chi connectivity index (χ0v) is 16.4. The van der Waals surface area contributed by atoms with Crippen molar-refractivity contribution in [3.63, 3.8) is 0 Å². The van der Waals surface area contributed by atoms with E-state index in [1.165, 1.54) is 16.8 Å². The van der Waals surface area contributed by atoms with Crippen LogP contribution >= 0.6 is 0 Å². The predicted octanol–water partition coefficient (Wildman–Crippen LogP) is 2.60. The predicted molar refractivity (Wildman–Crippen MR) is 109 cm³/mol. The topological polar surface area (TPSA) is 111 Å². The molecule has 0 saturated heterocycles. The second-order valence-electron chi connectivity index (χ2n) is 7.34. The van der Waals surface area contributed by atoms with Crippen molar-refractivity contribution in [1.29, 1.82) is 0 Å². The van der Waals surface area contributed by atoms with Gasteiger partial charge in [0.15, 0.2) is 5.76 Å². The first-order valence-corrected chi connectivity index (χ1v) is 9.93. The lowest BCUT2D eigenvalue weighted by Crippen LogP contribution is -2.32. The summed E-state index contributed by atoms with van der Waals surface area (Å²) in [5.74, 6) is 0.340. The quantitative estimate of drug-likeness (QED) is 0.476. The minimum absolute atomic E-state index is 0.144. The fraction of sp³-hybridized carbons (Fsp3) is 0.238. The van der Waals surface area contributed by atoms with Crippen LogP contribution in [-0.4, -0.2) is 37.0 Å². The second-order valence-corrected chi connectivity index (χ2v) is 7.34.